The molecule has 2 aromatic carbocycles. The van der Waals surface area contributed by atoms with E-state index >= 15 is 0 Å². The van der Waals surface area contributed by atoms with Crippen LogP contribution in [0.1, 0.15) is 40.2 Å². The van der Waals surface area contributed by atoms with Crippen LogP contribution in [-0.4, -0.2) is 25.4 Å². The highest BCUT2D eigenvalue weighted by Crippen LogP contribution is 2.31. The molecule has 3 aromatic rings. The van der Waals surface area contributed by atoms with Crippen molar-refractivity contribution in [3.63, 3.8) is 0 Å². The summed E-state index contributed by atoms with van der Waals surface area (Å²) in [7, 11) is -3.66. The molecule has 2 N–H and O–H groups in total. The Labute approximate surface area is 161 Å². The van der Waals surface area contributed by atoms with Crippen LogP contribution >= 0.6 is 0 Å². The van der Waals surface area contributed by atoms with Crippen molar-refractivity contribution in [1.29, 1.82) is 0 Å². The van der Waals surface area contributed by atoms with E-state index in [4.69, 9.17) is 0 Å². The number of nitrogens with one attached hydrogen (secondary N) is 2. The van der Waals surface area contributed by atoms with Crippen LogP contribution < -0.4 is 4.72 Å². The third-order valence-corrected chi connectivity index (χ3v) is 4.88. The Morgan fingerprint density at radius 1 is 1.04 bits per heavy atom. The topological polar surface area (TPSA) is 79.0 Å². The van der Waals surface area contributed by atoms with Gasteiger partial charge in [0.2, 0.25) is 15.8 Å². The van der Waals surface area contributed by atoms with Crippen LogP contribution in [0.15, 0.2) is 54.6 Å². The zero-order valence-electron chi connectivity index (χ0n) is 15.2. The molecule has 146 valence electrons. The van der Waals surface area contributed by atoms with Crippen molar-refractivity contribution in [2.75, 3.05) is 11.0 Å². The minimum Gasteiger partial charge on any atom is -0.355 e. The lowest BCUT2D eigenvalue weighted by Crippen LogP contribution is -2.12. The molecule has 0 aliphatic carbocycles. The van der Waals surface area contributed by atoms with Crippen LogP contribution in [-0.2, 0) is 10.0 Å². The third kappa shape index (κ3) is 4.28. The van der Waals surface area contributed by atoms with Crippen LogP contribution in [0.4, 0.5) is 14.5 Å². The number of ketones is 1. The van der Waals surface area contributed by atoms with E-state index in [1.165, 1.54) is 0 Å². The Morgan fingerprint density at radius 2 is 1.64 bits per heavy atom. The highest BCUT2D eigenvalue weighted by Gasteiger charge is 2.22. The number of H-pyrrole nitrogens is 1. The summed E-state index contributed by atoms with van der Waals surface area (Å²) in [4.78, 5) is 15.4. The van der Waals surface area contributed by atoms with Crippen molar-refractivity contribution < 1.29 is 22.0 Å². The number of anilines is 1. The van der Waals surface area contributed by atoms with E-state index in [9.17, 15) is 22.0 Å². The van der Waals surface area contributed by atoms with Gasteiger partial charge < -0.3 is 4.98 Å². The Balaban J connectivity index is 1.90. The number of rotatable bonds is 6. The van der Waals surface area contributed by atoms with Gasteiger partial charge in [0, 0.05) is 22.7 Å². The number of hydrogen-bond acceptors (Lipinski definition) is 3. The SMILES string of the molecule is CC(c1ccc(C(=O)c2ccccc2)[nH]1)c1c(F)cc(NS(C)(=O)=O)cc1F. The normalized spacial score (nSPS) is 12.6. The summed E-state index contributed by atoms with van der Waals surface area (Å²) in [5, 5.41) is 0. The van der Waals surface area contributed by atoms with Gasteiger partial charge in [-0.2, -0.15) is 0 Å². The number of carbonyl (C=O) groups is 1. The molecule has 0 saturated carbocycles. The predicted molar refractivity (Wildman–Crippen MR) is 103 cm³/mol. The van der Waals surface area contributed by atoms with Gasteiger partial charge in [0.25, 0.3) is 0 Å². The van der Waals surface area contributed by atoms with Gasteiger partial charge in [-0.15, -0.1) is 0 Å². The van der Waals surface area contributed by atoms with Crippen LogP contribution in [0.5, 0.6) is 0 Å². The van der Waals surface area contributed by atoms with Gasteiger partial charge in [0.15, 0.2) is 0 Å². The molecular weight excluding hydrogens is 386 g/mol. The van der Waals surface area contributed by atoms with E-state index < -0.39 is 27.6 Å². The number of benzene rings is 2. The molecule has 0 aliphatic rings. The Hall–Kier alpha value is -3.00. The molecule has 5 nitrogen and oxygen atoms in total. The fourth-order valence-corrected chi connectivity index (χ4v) is 3.51. The smallest absolute Gasteiger partial charge is 0.229 e. The molecule has 1 heterocycles. The van der Waals surface area contributed by atoms with E-state index in [0.29, 0.717) is 17.0 Å². The molecule has 8 heteroatoms. The van der Waals surface area contributed by atoms with E-state index in [1.54, 1.807) is 49.4 Å². The second kappa shape index (κ2) is 7.55. The minimum atomic E-state index is -3.66. The van der Waals surface area contributed by atoms with Crippen molar-refractivity contribution in [1.82, 2.24) is 4.98 Å². The van der Waals surface area contributed by atoms with E-state index in [2.05, 4.69) is 4.98 Å². The van der Waals surface area contributed by atoms with Gasteiger partial charge in [-0.1, -0.05) is 37.3 Å². The molecule has 1 atom stereocenters. The van der Waals surface area contributed by atoms with Crippen molar-refractivity contribution in [3.05, 3.63) is 88.7 Å². The summed E-state index contributed by atoms with van der Waals surface area (Å²) < 4.78 is 53.5. The van der Waals surface area contributed by atoms with Gasteiger partial charge in [-0.05, 0) is 24.3 Å². The molecule has 0 fully saturated rings. The molecule has 1 aromatic heterocycles. The molecule has 1 unspecified atom stereocenters. The van der Waals surface area contributed by atoms with Crippen LogP contribution in [0, 0.1) is 11.6 Å². The number of hydrogen-bond donors (Lipinski definition) is 2. The first kappa shape index (κ1) is 19.8. The maximum absolute atomic E-state index is 14.5. The maximum atomic E-state index is 14.5. The number of aromatic nitrogens is 1. The first-order valence-electron chi connectivity index (χ1n) is 8.41. The van der Waals surface area contributed by atoms with Gasteiger partial charge >= 0.3 is 0 Å². The van der Waals surface area contributed by atoms with Crippen molar-refractivity contribution in [2.24, 2.45) is 0 Å². The summed E-state index contributed by atoms with van der Waals surface area (Å²) >= 11 is 0. The molecule has 0 amide bonds. The van der Waals surface area contributed by atoms with Crippen molar-refractivity contribution in [2.45, 2.75) is 12.8 Å². The zero-order chi connectivity index (χ0) is 20.5. The number of aromatic amines is 1. The van der Waals surface area contributed by atoms with E-state index in [1.807, 2.05) is 4.72 Å². The molecule has 28 heavy (non-hydrogen) atoms. The first-order valence-corrected chi connectivity index (χ1v) is 10.3. The van der Waals surface area contributed by atoms with Crippen molar-refractivity contribution >= 4 is 21.5 Å². The number of halogens is 2. The lowest BCUT2D eigenvalue weighted by Gasteiger charge is -2.14. The summed E-state index contributed by atoms with van der Waals surface area (Å²) in [6.07, 6.45) is 0.892. The standard InChI is InChI=1S/C20H18F2N2O3S/c1-12(19-15(21)10-14(11-16(19)22)24-28(2,26)27)17-8-9-18(23-17)20(25)13-6-4-3-5-7-13/h3-12,23-24H,1-2H3. The van der Waals surface area contributed by atoms with Gasteiger partial charge in [0.05, 0.1) is 17.6 Å². The molecular formula is C20H18F2N2O3S. The third-order valence-electron chi connectivity index (χ3n) is 4.27. The molecule has 3 rings (SSSR count). The average Bonchev–Trinajstić information content (AvgIpc) is 3.09. The fraction of sp³-hybridized carbons (Fsp3) is 0.150. The lowest BCUT2D eigenvalue weighted by molar-refractivity contribution is 0.103. The highest BCUT2D eigenvalue weighted by atomic mass is 32.2. The van der Waals surface area contributed by atoms with Gasteiger partial charge in [-0.25, -0.2) is 17.2 Å². The number of carbonyl (C=O) groups excluding carboxylic acids is 1. The van der Waals surface area contributed by atoms with Gasteiger partial charge in [0.1, 0.15) is 11.6 Å². The van der Waals surface area contributed by atoms with Crippen LogP contribution in [0.3, 0.4) is 0 Å². The minimum absolute atomic E-state index is 0.195. The Morgan fingerprint density at radius 3 is 2.21 bits per heavy atom. The Kier molecular flexibility index (Phi) is 5.33. The van der Waals surface area contributed by atoms with Crippen LogP contribution in [0.2, 0.25) is 0 Å². The van der Waals surface area contributed by atoms with E-state index in [0.717, 1.165) is 18.4 Å². The molecule has 0 bridgehead atoms. The summed E-state index contributed by atoms with van der Waals surface area (Å²) in [6, 6.07) is 13.7. The zero-order valence-corrected chi connectivity index (χ0v) is 16.0. The Bertz CT molecular complexity index is 1100. The predicted octanol–water partition coefficient (Wildman–Crippen LogP) is 4.05. The molecule has 0 radical (unpaired) electrons. The first-order chi connectivity index (χ1) is 13.2. The van der Waals surface area contributed by atoms with E-state index in [-0.39, 0.29) is 17.0 Å². The average molecular weight is 404 g/mol. The van der Waals surface area contributed by atoms with Crippen molar-refractivity contribution in [3.8, 4) is 0 Å². The largest absolute Gasteiger partial charge is 0.355 e. The van der Waals surface area contributed by atoms with Crippen LogP contribution in [0.25, 0.3) is 0 Å². The maximum Gasteiger partial charge on any atom is 0.229 e. The number of sulfonamides is 1. The highest BCUT2D eigenvalue weighted by molar-refractivity contribution is 7.92. The summed E-state index contributed by atoms with van der Waals surface area (Å²) in [5.41, 5.74) is 0.849. The molecule has 0 aliphatic heterocycles. The van der Waals surface area contributed by atoms with Gasteiger partial charge in [-0.3, -0.25) is 9.52 Å². The second-order valence-electron chi connectivity index (χ2n) is 6.47. The monoisotopic (exact) mass is 404 g/mol. The summed E-state index contributed by atoms with van der Waals surface area (Å²) in [5.74, 6) is -2.72. The fourth-order valence-electron chi connectivity index (χ4n) is 2.97. The lowest BCUT2D eigenvalue weighted by atomic mass is 9.96. The molecule has 0 saturated heterocycles. The summed E-state index contributed by atoms with van der Waals surface area (Å²) in [6.45, 7) is 1.59. The quantitative estimate of drug-likeness (QED) is 0.609. The second-order valence-corrected chi connectivity index (χ2v) is 8.22. The molecule has 0 spiro atoms.